The van der Waals surface area contributed by atoms with E-state index in [1.807, 2.05) is 0 Å². The zero-order valence-electron chi connectivity index (χ0n) is 23.1. The molecule has 0 radical (unpaired) electrons. The first kappa shape index (κ1) is 17.9. The molecule has 1 fully saturated rings. The van der Waals surface area contributed by atoms with E-state index in [0.29, 0.717) is 0 Å². The number of anilines is 2. The van der Waals surface area contributed by atoms with Gasteiger partial charge in [-0.1, -0.05) is 59.9 Å². The van der Waals surface area contributed by atoms with Crippen LogP contribution in [0.5, 0.6) is 0 Å². The van der Waals surface area contributed by atoms with Crippen molar-refractivity contribution >= 4 is 56.3 Å². The molecule has 2 atom stereocenters. The zero-order chi connectivity index (χ0) is 25.7. The van der Waals surface area contributed by atoms with Crippen molar-refractivity contribution in [1.82, 2.24) is 4.57 Å². The van der Waals surface area contributed by atoms with Gasteiger partial charge in [0.2, 0.25) is 0 Å². The average Bonchev–Trinajstić information content (AvgIpc) is 3.31. The summed E-state index contributed by atoms with van der Waals surface area (Å²) in [4.78, 5) is 2.30. The van der Waals surface area contributed by atoms with Crippen molar-refractivity contribution in [1.29, 1.82) is 0 Å². The van der Waals surface area contributed by atoms with Gasteiger partial charge in [-0.05, 0) is 85.9 Å². The van der Waals surface area contributed by atoms with Gasteiger partial charge in [-0.15, -0.1) is 0 Å². The van der Waals surface area contributed by atoms with Crippen molar-refractivity contribution in [3.05, 3.63) is 82.9 Å². The summed E-state index contributed by atoms with van der Waals surface area (Å²) < 4.78 is 22.3. The van der Waals surface area contributed by atoms with Gasteiger partial charge in [0.05, 0.1) is 6.89 Å². The van der Waals surface area contributed by atoms with E-state index in [0.717, 1.165) is 42.6 Å². The van der Waals surface area contributed by atoms with Crippen LogP contribution in [0.25, 0.3) is 27.5 Å². The van der Waals surface area contributed by atoms with Crippen molar-refractivity contribution in [3.8, 4) is 5.69 Å². The van der Waals surface area contributed by atoms with Crippen LogP contribution in [0.4, 0.5) is 11.4 Å². The quantitative estimate of drug-likeness (QED) is 0.248. The highest BCUT2D eigenvalue weighted by Crippen LogP contribution is 2.52. The third-order valence-corrected chi connectivity index (χ3v) is 9.18. The zero-order valence-corrected chi connectivity index (χ0v) is 21.1. The Bertz CT molecular complexity index is 1920. The summed E-state index contributed by atoms with van der Waals surface area (Å²) >= 11 is 0. The summed E-state index contributed by atoms with van der Waals surface area (Å²) in [7, 11) is 0. The molecular weight excluding hydrogens is 435 g/mol. The lowest BCUT2D eigenvalue weighted by Crippen LogP contribution is -2.61. The SMILES string of the molecule is [2H]C12CCCCC1([2H])N1c3cccc4c3B(c3cc(C)cc2c31)c1cc(C)cc2c3cc(C)ccc3n-4c12. The molecule has 174 valence electrons. The molecule has 3 aliphatic heterocycles. The summed E-state index contributed by atoms with van der Waals surface area (Å²) in [6.45, 7) is 6.67. The highest BCUT2D eigenvalue weighted by atomic mass is 15.2. The number of aryl methyl sites for hydroxylation is 3. The molecule has 3 heteroatoms. The molecule has 2 unspecified atom stereocenters. The minimum absolute atomic E-state index is 0.0961. The fourth-order valence-electron chi connectivity index (χ4n) is 7.95. The topological polar surface area (TPSA) is 8.17 Å². The van der Waals surface area contributed by atoms with Crippen LogP contribution in [0.15, 0.2) is 60.7 Å². The number of fused-ring (bicyclic) bond motifs is 10. The Balaban J connectivity index is 1.50. The highest BCUT2D eigenvalue weighted by Gasteiger charge is 2.49. The Labute approximate surface area is 215 Å². The first-order valence-corrected chi connectivity index (χ1v) is 13.5. The molecule has 5 aromatic rings. The van der Waals surface area contributed by atoms with E-state index in [1.54, 1.807) is 0 Å². The number of benzene rings is 4. The van der Waals surface area contributed by atoms with Gasteiger partial charge in [-0.3, -0.25) is 0 Å². The fraction of sp³-hybridized carbons (Fsp3) is 0.273. The largest absolute Gasteiger partial charge is 0.338 e. The van der Waals surface area contributed by atoms with Gasteiger partial charge >= 0.3 is 0 Å². The molecule has 0 bridgehead atoms. The Morgan fingerprint density at radius 1 is 0.806 bits per heavy atom. The second-order valence-electron chi connectivity index (χ2n) is 11.5. The van der Waals surface area contributed by atoms with Crippen molar-refractivity contribution in [3.63, 3.8) is 0 Å². The lowest BCUT2D eigenvalue weighted by molar-refractivity contribution is 0.402. The standard InChI is InChI=1S/C33H29BN2/c1-18-11-12-28-22(13-18)24-15-20(3)17-26-33(24)36(28)30-10-6-9-29-31(30)34(26)25-16-19(2)14-23-21-7-4-5-8-27(21)35(29)32(23)25/h6,9-17,21,27H,4-5,7-8H2,1-3H3/i21D,27D. The molecule has 0 N–H and O–H groups in total. The van der Waals surface area contributed by atoms with Gasteiger partial charge in [0.1, 0.15) is 0 Å². The Hall–Kier alpha value is -3.46. The predicted octanol–water partition coefficient (Wildman–Crippen LogP) is 6.03. The predicted molar refractivity (Wildman–Crippen MR) is 153 cm³/mol. The van der Waals surface area contributed by atoms with Gasteiger partial charge in [0, 0.05) is 46.6 Å². The molecule has 1 aromatic heterocycles. The minimum atomic E-state index is -0.992. The number of hydrogen-bond donors (Lipinski definition) is 0. The summed E-state index contributed by atoms with van der Waals surface area (Å²) in [5.74, 6) is -0.918. The van der Waals surface area contributed by atoms with Crippen molar-refractivity contribution in [2.24, 2.45) is 0 Å². The van der Waals surface area contributed by atoms with E-state index in [-0.39, 0.29) is 6.71 Å². The fourth-order valence-corrected chi connectivity index (χ4v) is 7.95. The molecule has 1 aliphatic carbocycles. The van der Waals surface area contributed by atoms with Crippen LogP contribution in [-0.4, -0.2) is 17.3 Å². The number of rotatable bonds is 0. The molecular formula is C33H29BN2. The Morgan fingerprint density at radius 3 is 2.50 bits per heavy atom. The maximum absolute atomic E-state index is 9.97. The van der Waals surface area contributed by atoms with Crippen LogP contribution >= 0.6 is 0 Å². The lowest BCUT2D eigenvalue weighted by Gasteiger charge is -2.42. The minimum Gasteiger partial charge on any atom is -0.338 e. The van der Waals surface area contributed by atoms with Crippen molar-refractivity contribution in [2.45, 2.75) is 58.4 Å². The van der Waals surface area contributed by atoms with E-state index in [4.69, 9.17) is 0 Å². The second kappa shape index (κ2) is 6.45. The molecule has 0 saturated heterocycles. The average molecular weight is 466 g/mol. The molecule has 2 nitrogen and oxygen atoms in total. The molecule has 1 saturated carbocycles. The van der Waals surface area contributed by atoms with E-state index in [2.05, 4.69) is 90.9 Å². The van der Waals surface area contributed by atoms with Crippen LogP contribution < -0.4 is 21.3 Å². The van der Waals surface area contributed by atoms with Gasteiger partial charge in [0.15, 0.2) is 0 Å². The maximum Gasteiger partial charge on any atom is 0.252 e. The number of hydrogen-bond acceptors (Lipinski definition) is 1. The lowest BCUT2D eigenvalue weighted by atomic mass is 9.33. The molecule has 0 spiro atoms. The molecule has 0 amide bonds. The van der Waals surface area contributed by atoms with Gasteiger partial charge < -0.3 is 9.47 Å². The normalized spacial score (nSPS) is 25.5. The van der Waals surface area contributed by atoms with Crippen LogP contribution in [0.3, 0.4) is 0 Å². The summed E-state index contributed by atoms with van der Waals surface area (Å²) in [5.41, 5.74) is 14.8. The molecule has 4 heterocycles. The van der Waals surface area contributed by atoms with Crippen LogP contribution in [0.2, 0.25) is 0 Å². The smallest absolute Gasteiger partial charge is 0.252 e. The van der Waals surface area contributed by atoms with E-state index in [9.17, 15) is 2.74 Å². The third kappa shape index (κ3) is 2.18. The molecule has 9 rings (SSSR count). The van der Waals surface area contributed by atoms with E-state index >= 15 is 0 Å². The molecule has 4 aliphatic rings. The van der Waals surface area contributed by atoms with Crippen LogP contribution in [0.1, 0.15) is 56.6 Å². The first-order chi connectivity index (χ1) is 18.3. The summed E-state index contributed by atoms with van der Waals surface area (Å²) in [6.07, 6.45) is 3.50. The second-order valence-corrected chi connectivity index (χ2v) is 11.5. The molecule has 4 aromatic carbocycles. The molecule has 36 heavy (non-hydrogen) atoms. The number of nitrogens with zero attached hydrogens (tertiary/aromatic N) is 2. The highest BCUT2D eigenvalue weighted by molar-refractivity contribution is 7.00. The summed E-state index contributed by atoms with van der Waals surface area (Å²) in [5, 5.41) is 2.63. The van der Waals surface area contributed by atoms with Crippen molar-refractivity contribution in [2.75, 3.05) is 4.90 Å². The maximum atomic E-state index is 9.97. The Kier molecular flexibility index (Phi) is 3.21. The summed E-state index contributed by atoms with van der Waals surface area (Å²) in [6, 6.07) is 21.9. The van der Waals surface area contributed by atoms with E-state index in [1.165, 1.54) is 60.6 Å². The van der Waals surface area contributed by atoms with Gasteiger partial charge in [-0.2, -0.15) is 0 Å². The van der Waals surface area contributed by atoms with Gasteiger partial charge in [0.25, 0.3) is 6.71 Å². The van der Waals surface area contributed by atoms with E-state index < -0.39 is 11.9 Å². The van der Waals surface area contributed by atoms with Crippen molar-refractivity contribution < 1.29 is 2.74 Å². The van der Waals surface area contributed by atoms with Gasteiger partial charge in [-0.25, -0.2) is 0 Å². The Morgan fingerprint density at radius 2 is 1.58 bits per heavy atom. The third-order valence-electron chi connectivity index (χ3n) is 9.18. The van der Waals surface area contributed by atoms with Crippen LogP contribution in [-0.2, 0) is 0 Å². The first-order valence-electron chi connectivity index (χ1n) is 14.5. The number of aromatic nitrogens is 1. The van der Waals surface area contributed by atoms with Crippen LogP contribution in [0, 0.1) is 20.8 Å². The monoisotopic (exact) mass is 466 g/mol.